The van der Waals surface area contributed by atoms with Crippen LogP contribution in [0.15, 0.2) is 48.5 Å². The number of terminal acetylenes is 1. The molecule has 3 rings (SSSR count). The molecule has 0 aliphatic rings. The van der Waals surface area contributed by atoms with Crippen LogP contribution < -0.4 is 4.74 Å². The fourth-order valence-electron chi connectivity index (χ4n) is 2.12. The third-order valence-corrected chi connectivity index (χ3v) is 4.21. The Morgan fingerprint density at radius 1 is 1.26 bits per heavy atom. The zero-order chi connectivity index (χ0) is 16.1. The number of benzene rings is 2. The standard InChI is InChI=1S/C19H12N2OS/c1-2-10-22-16-7-5-6-14(12-16)11-15(13-20)19-21-17-8-3-4-9-18(17)23-19/h1,3-9,11-12H,10H2/b15-11-. The number of nitriles is 1. The van der Waals surface area contributed by atoms with Crippen molar-refractivity contribution in [3.8, 4) is 24.2 Å². The van der Waals surface area contributed by atoms with E-state index in [1.54, 1.807) is 6.08 Å². The summed E-state index contributed by atoms with van der Waals surface area (Å²) in [6.45, 7) is 0.218. The van der Waals surface area contributed by atoms with E-state index in [9.17, 15) is 5.26 Å². The van der Waals surface area contributed by atoms with Gasteiger partial charge in [-0.05, 0) is 35.9 Å². The van der Waals surface area contributed by atoms with Crippen molar-refractivity contribution in [3.05, 3.63) is 59.1 Å². The van der Waals surface area contributed by atoms with E-state index in [0.717, 1.165) is 15.8 Å². The fourth-order valence-corrected chi connectivity index (χ4v) is 3.05. The van der Waals surface area contributed by atoms with Crippen LogP contribution in [0.25, 0.3) is 21.9 Å². The summed E-state index contributed by atoms with van der Waals surface area (Å²) in [5.41, 5.74) is 2.30. The second kappa shape index (κ2) is 6.79. The first-order valence-corrected chi connectivity index (χ1v) is 7.76. The molecule has 0 spiro atoms. The van der Waals surface area contributed by atoms with Gasteiger partial charge >= 0.3 is 0 Å². The molecular weight excluding hydrogens is 304 g/mol. The Bertz CT molecular complexity index is 924. The van der Waals surface area contributed by atoms with Crippen LogP contribution in [0.2, 0.25) is 0 Å². The number of fused-ring (bicyclic) bond motifs is 1. The first kappa shape index (κ1) is 14.8. The van der Waals surface area contributed by atoms with E-state index < -0.39 is 0 Å². The van der Waals surface area contributed by atoms with Crippen molar-refractivity contribution in [2.24, 2.45) is 0 Å². The van der Waals surface area contributed by atoms with Crippen molar-refractivity contribution >= 4 is 33.2 Å². The maximum absolute atomic E-state index is 9.47. The summed E-state index contributed by atoms with van der Waals surface area (Å²) in [5.74, 6) is 3.11. The predicted molar refractivity (Wildman–Crippen MR) is 93.9 cm³/mol. The van der Waals surface area contributed by atoms with Gasteiger partial charge in [0.25, 0.3) is 0 Å². The highest BCUT2D eigenvalue weighted by molar-refractivity contribution is 7.19. The Morgan fingerprint density at radius 3 is 2.91 bits per heavy atom. The molecule has 0 N–H and O–H groups in total. The second-order valence-electron chi connectivity index (χ2n) is 4.72. The van der Waals surface area contributed by atoms with Crippen molar-refractivity contribution in [1.29, 1.82) is 5.26 Å². The Morgan fingerprint density at radius 2 is 2.13 bits per heavy atom. The Balaban J connectivity index is 1.96. The van der Waals surface area contributed by atoms with Gasteiger partial charge in [-0.25, -0.2) is 4.98 Å². The summed E-state index contributed by atoms with van der Waals surface area (Å²) in [4.78, 5) is 4.52. The summed E-state index contributed by atoms with van der Waals surface area (Å²) in [7, 11) is 0. The van der Waals surface area contributed by atoms with Crippen LogP contribution in [0.3, 0.4) is 0 Å². The summed E-state index contributed by atoms with van der Waals surface area (Å²) >= 11 is 1.51. The van der Waals surface area contributed by atoms with Crippen molar-refractivity contribution in [2.45, 2.75) is 0 Å². The Labute approximate surface area is 138 Å². The quantitative estimate of drug-likeness (QED) is 0.530. The molecule has 3 nitrogen and oxygen atoms in total. The first-order valence-electron chi connectivity index (χ1n) is 6.94. The largest absolute Gasteiger partial charge is 0.481 e. The average molecular weight is 316 g/mol. The van der Waals surface area contributed by atoms with Crippen LogP contribution in [-0.4, -0.2) is 11.6 Å². The number of rotatable bonds is 4. The number of hydrogen-bond acceptors (Lipinski definition) is 4. The summed E-state index contributed by atoms with van der Waals surface area (Å²) in [6.07, 6.45) is 7.00. The zero-order valence-electron chi connectivity index (χ0n) is 12.2. The fraction of sp³-hybridized carbons (Fsp3) is 0.0526. The van der Waals surface area contributed by atoms with Crippen molar-refractivity contribution in [3.63, 3.8) is 0 Å². The molecule has 0 bridgehead atoms. The lowest BCUT2D eigenvalue weighted by atomic mass is 10.1. The molecule has 0 fully saturated rings. The number of thiazole rings is 1. The Hall–Kier alpha value is -3.08. The molecule has 4 heteroatoms. The SMILES string of the molecule is C#CCOc1cccc(/C=C(/C#N)c2nc3ccccc3s2)c1. The van der Waals surface area contributed by atoms with Crippen LogP contribution in [0.4, 0.5) is 0 Å². The molecule has 1 aromatic heterocycles. The predicted octanol–water partition coefficient (Wildman–Crippen LogP) is 4.37. The van der Waals surface area contributed by atoms with E-state index in [2.05, 4.69) is 17.0 Å². The van der Waals surface area contributed by atoms with E-state index in [1.807, 2.05) is 48.5 Å². The summed E-state index contributed by atoms with van der Waals surface area (Å²) < 4.78 is 6.47. The highest BCUT2D eigenvalue weighted by atomic mass is 32.1. The van der Waals surface area contributed by atoms with E-state index in [1.165, 1.54) is 11.3 Å². The number of nitrogens with zero attached hydrogens (tertiary/aromatic N) is 2. The van der Waals surface area contributed by atoms with Crippen LogP contribution >= 0.6 is 11.3 Å². The van der Waals surface area contributed by atoms with Crippen LogP contribution in [0, 0.1) is 23.7 Å². The third kappa shape index (κ3) is 3.40. The topological polar surface area (TPSA) is 45.9 Å². The monoisotopic (exact) mass is 316 g/mol. The van der Waals surface area contributed by atoms with E-state index in [-0.39, 0.29) is 6.61 Å². The summed E-state index contributed by atoms with van der Waals surface area (Å²) in [6, 6.07) is 17.5. The van der Waals surface area contributed by atoms with Crippen molar-refractivity contribution in [2.75, 3.05) is 6.61 Å². The summed E-state index contributed by atoms with van der Waals surface area (Å²) in [5, 5.41) is 10.2. The number of para-hydroxylation sites is 1. The minimum Gasteiger partial charge on any atom is -0.481 e. The maximum atomic E-state index is 9.47. The second-order valence-corrected chi connectivity index (χ2v) is 5.75. The van der Waals surface area contributed by atoms with E-state index in [0.29, 0.717) is 16.3 Å². The molecule has 0 radical (unpaired) electrons. The van der Waals surface area contributed by atoms with Gasteiger partial charge in [0.1, 0.15) is 23.4 Å². The van der Waals surface area contributed by atoms with Gasteiger partial charge in [-0.15, -0.1) is 17.8 Å². The molecule has 0 aliphatic heterocycles. The minimum atomic E-state index is 0.218. The van der Waals surface area contributed by atoms with Gasteiger partial charge in [-0.3, -0.25) is 0 Å². The molecular formula is C19H12N2OS. The molecule has 0 aliphatic carbocycles. The minimum absolute atomic E-state index is 0.218. The smallest absolute Gasteiger partial charge is 0.148 e. The number of allylic oxidation sites excluding steroid dienone is 1. The van der Waals surface area contributed by atoms with Gasteiger partial charge in [0, 0.05) is 0 Å². The molecule has 0 saturated heterocycles. The lowest BCUT2D eigenvalue weighted by Crippen LogP contribution is -1.93. The van der Waals surface area contributed by atoms with E-state index in [4.69, 9.17) is 11.2 Å². The molecule has 0 atom stereocenters. The number of hydrogen-bond donors (Lipinski definition) is 0. The average Bonchev–Trinajstić information content (AvgIpc) is 3.02. The lowest BCUT2D eigenvalue weighted by Gasteiger charge is -2.03. The van der Waals surface area contributed by atoms with Gasteiger partial charge in [0.05, 0.1) is 15.8 Å². The lowest BCUT2D eigenvalue weighted by molar-refractivity contribution is 0.370. The molecule has 0 amide bonds. The third-order valence-electron chi connectivity index (χ3n) is 3.14. The molecule has 23 heavy (non-hydrogen) atoms. The van der Waals surface area contributed by atoms with Gasteiger partial charge in [0.2, 0.25) is 0 Å². The highest BCUT2D eigenvalue weighted by Crippen LogP contribution is 2.28. The van der Waals surface area contributed by atoms with Gasteiger partial charge < -0.3 is 4.74 Å². The van der Waals surface area contributed by atoms with Crippen LogP contribution in [0.5, 0.6) is 5.75 Å². The van der Waals surface area contributed by atoms with Crippen LogP contribution in [0.1, 0.15) is 10.6 Å². The van der Waals surface area contributed by atoms with Crippen molar-refractivity contribution < 1.29 is 4.74 Å². The number of ether oxygens (including phenoxy) is 1. The molecule has 0 unspecified atom stereocenters. The van der Waals surface area contributed by atoms with Gasteiger partial charge in [-0.2, -0.15) is 5.26 Å². The molecule has 3 aromatic rings. The molecule has 0 saturated carbocycles. The molecule has 1 heterocycles. The normalized spacial score (nSPS) is 11.0. The molecule has 2 aromatic carbocycles. The van der Waals surface area contributed by atoms with E-state index >= 15 is 0 Å². The Kier molecular flexibility index (Phi) is 4.38. The highest BCUT2D eigenvalue weighted by Gasteiger charge is 2.08. The van der Waals surface area contributed by atoms with Gasteiger partial charge in [-0.1, -0.05) is 30.2 Å². The van der Waals surface area contributed by atoms with Crippen molar-refractivity contribution in [1.82, 2.24) is 4.98 Å². The van der Waals surface area contributed by atoms with Gasteiger partial charge in [0.15, 0.2) is 0 Å². The maximum Gasteiger partial charge on any atom is 0.148 e. The van der Waals surface area contributed by atoms with Crippen LogP contribution in [-0.2, 0) is 0 Å². The number of aromatic nitrogens is 1. The zero-order valence-corrected chi connectivity index (χ0v) is 13.0. The first-order chi connectivity index (χ1) is 11.3. The molecule has 110 valence electrons.